The van der Waals surface area contributed by atoms with Gasteiger partial charge in [0.05, 0.1) is 0 Å². The molecule has 1 aromatic carbocycles. The number of nitrogens with one attached hydrogen (secondary N) is 1. The Hall–Kier alpha value is -2.44. The lowest BCUT2D eigenvalue weighted by Crippen LogP contribution is -2.38. The Kier molecular flexibility index (Phi) is 4.21. The van der Waals surface area contributed by atoms with Crippen molar-refractivity contribution in [2.24, 2.45) is 0 Å². The third-order valence-corrected chi connectivity index (χ3v) is 2.75. The molecule has 1 aromatic heterocycles. The molecule has 0 bridgehead atoms. The Labute approximate surface area is 117 Å². The monoisotopic (exact) mass is 298 g/mol. The van der Waals surface area contributed by atoms with E-state index in [1.807, 2.05) is 5.32 Å². The molecule has 2 rings (SSSR count). The van der Waals surface area contributed by atoms with Gasteiger partial charge in [-0.3, -0.25) is 9.78 Å². The molecule has 0 spiro atoms. The Morgan fingerprint density at radius 1 is 1.05 bits per heavy atom. The highest BCUT2D eigenvalue weighted by atomic mass is 19.4. The van der Waals surface area contributed by atoms with Gasteiger partial charge >= 0.3 is 6.18 Å². The smallest absolute Gasteiger partial charge is 0.337 e. The molecule has 0 aliphatic rings. The number of benzene rings is 1. The average Bonchev–Trinajstić information content (AvgIpc) is 2.45. The molecule has 1 atom stereocenters. The molecule has 7 heteroatoms. The Morgan fingerprint density at radius 3 is 2.14 bits per heavy atom. The molecular formula is C14H10F4N2O. The highest BCUT2D eigenvalue weighted by Gasteiger charge is 2.42. The van der Waals surface area contributed by atoms with Gasteiger partial charge in [0.15, 0.2) is 6.04 Å². The Morgan fingerprint density at radius 2 is 1.62 bits per heavy atom. The normalized spacial score (nSPS) is 12.8. The SMILES string of the molecule is O=C(N[C@@H](c1ccc(F)cc1)C(F)(F)F)c1ccncc1. The highest BCUT2D eigenvalue weighted by molar-refractivity contribution is 5.94. The summed E-state index contributed by atoms with van der Waals surface area (Å²) in [6.07, 6.45) is -2.09. The van der Waals surface area contributed by atoms with Gasteiger partial charge in [-0.1, -0.05) is 12.1 Å². The molecule has 3 nitrogen and oxygen atoms in total. The minimum Gasteiger partial charge on any atom is -0.337 e. The largest absolute Gasteiger partial charge is 0.412 e. The van der Waals surface area contributed by atoms with Crippen molar-refractivity contribution in [3.8, 4) is 0 Å². The number of hydrogen-bond donors (Lipinski definition) is 1. The van der Waals surface area contributed by atoms with E-state index in [-0.39, 0.29) is 11.1 Å². The summed E-state index contributed by atoms with van der Waals surface area (Å²) >= 11 is 0. The van der Waals surface area contributed by atoms with E-state index in [0.717, 1.165) is 24.3 Å². The molecule has 0 aliphatic carbocycles. The van der Waals surface area contributed by atoms with Crippen molar-refractivity contribution in [1.82, 2.24) is 10.3 Å². The molecule has 0 fully saturated rings. The van der Waals surface area contributed by atoms with Gasteiger partial charge in [-0.05, 0) is 29.8 Å². The van der Waals surface area contributed by atoms with Gasteiger partial charge in [0.2, 0.25) is 0 Å². The summed E-state index contributed by atoms with van der Waals surface area (Å²) in [4.78, 5) is 15.5. The maximum Gasteiger partial charge on any atom is 0.412 e. The van der Waals surface area contributed by atoms with Crippen LogP contribution >= 0.6 is 0 Å². The van der Waals surface area contributed by atoms with E-state index >= 15 is 0 Å². The third-order valence-electron chi connectivity index (χ3n) is 2.75. The van der Waals surface area contributed by atoms with Crippen molar-refractivity contribution in [3.05, 3.63) is 65.7 Å². The van der Waals surface area contributed by atoms with Crippen molar-refractivity contribution in [3.63, 3.8) is 0 Å². The zero-order valence-electron chi connectivity index (χ0n) is 10.6. The van der Waals surface area contributed by atoms with Crippen LogP contribution in [0.5, 0.6) is 0 Å². The quantitative estimate of drug-likeness (QED) is 0.884. The van der Waals surface area contributed by atoms with Gasteiger partial charge in [0, 0.05) is 18.0 Å². The molecular weight excluding hydrogens is 288 g/mol. The highest BCUT2D eigenvalue weighted by Crippen LogP contribution is 2.32. The molecule has 0 aliphatic heterocycles. The lowest BCUT2D eigenvalue weighted by Gasteiger charge is -2.22. The number of carbonyl (C=O) groups is 1. The first-order valence-corrected chi connectivity index (χ1v) is 5.91. The predicted octanol–water partition coefficient (Wildman–Crippen LogP) is 3.25. The molecule has 1 N–H and O–H groups in total. The Balaban J connectivity index is 2.26. The van der Waals surface area contributed by atoms with Gasteiger partial charge < -0.3 is 5.32 Å². The van der Waals surface area contributed by atoms with Crippen LogP contribution < -0.4 is 5.32 Å². The molecule has 2 aromatic rings. The number of hydrogen-bond acceptors (Lipinski definition) is 2. The summed E-state index contributed by atoms with van der Waals surface area (Å²) in [6, 6.07) is 4.18. The second-order valence-electron chi connectivity index (χ2n) is 4.24. The average molecular weight is 298 g/mol. The van der Waals surface area contributed by atoms with Crippen LogP contribution in [-0.2, 0) is 0 Å². The van der Waals surface area contributed by atoms with Crippen LogP contribution in [0, 0.1) is 5.82 Å². The molecule has 0 saturated carbocycles. The lowest BCUT2D eigenvalue weighted by molar-refractivity contribution is -0.155. The summed E-state index contributed by atoms with van der Waals surface area (Å²) in [5, 5.41) is 1.89. The summed E-state index contributed by atoms with van der Waals surface area (Å²) < 4.78 is 52.0. The summed E-state index contributed by atoms with van der Waals surface area (Å²) in [7, 11) is 0. The number of rotatable bonds is 3. The van der Waals surface area contributed by atoms with Crippen LogP contribution in [0.3, 0.4) is 0 Å². The van der Waals surface area contributed by atoms with Crippen LogP contribution in [0.15, 0.2) is 48.8 Å². The van der Waals surface area contributed by atoms with Crippen molar-refractivity contribution < 1.29 is 22.4 Å². The van der Waals surface area contributed by atoms with E-state index < -0.39 is 23.9 Å². The number of nitrogens with zero attached hydrogens (tertiary/aromatic N) is 1. The second-order valence-corrected chi connectivity index (χ2v) is 4.24. The van der Waals surface area contributed by atoms with Gasteiger partial charge in [-0.2, -0.15) is 13.2 Å². The van der Waals surface area contributed by atoms with Gasteiger partial charge in [-0.25, -0.2) is 4.39 Å². The first-order valence-electron chi connectivity index (χ1n) is 5.91. The van der Waals surface area contributed by atoms with Crippen molar-refractivity contribution >= 4 is 5.91 Å². The lowest BCUT2D eigenvalue weighted by atomic mass is 10.1. The second kappa shape index (κ2) is 5.90. The van der Waals surface area contributed by atoms with E-state index in [9.17, 15) is 22.4 Å². The summed E-state index contributed by atoms with van der Waals surface area (Å²) in [5.74, 6) is -1.54. The van der Waals surface area contributed by atoms with E-state index in [1.54, 1.807) is 0 Å². The first-order chi connectivity index (χ1) is 9.88. The van der Waals surface area contributed by atoms with Gasteiger partial charge in [0.25, 0.3) is 5.91 Å². The van der Waals surface area contributed by atoms with Crippen LogP contribution in [0.2, 0.25) is 0 Å². The fourth-order valence-corrected chi connectivity index (χ4v) is 1.73. The zero-order valence-corrected chi connectivity index (χ0v) is 10.6. The van der Waals surface area contributed by atoms with Crippen LogP contribution in [0.25, 0.3) is 0 Å². The van der Waals surface area contributed by atoms with Crippen LogP contribution in [0.4, 0.5) is 17.6 Å². The van der Waals surface area contributed by atoms with E-state index in [2.05, 4.69) is 4.98 Å². The molecule has 1 amide bonds. The van der Waals surface area contributed by atoms with Crippen molar-refractivity contribution in [2.75, 3.05) is 0 Å². The van der Waals surface area contributed by atoms with Gasteiger partial charge in [-0.15, -0.1) is 0 Å². The number of pyridine rings is 1. The third kappa shape index (κ3) is 3.77. The van der Waals surface area contributed by atoms with Gasteiger partial charge in [0.1, 0.15) is 5.82 Å². The summed E-state index contributed by atoms with van der Waals surface area (Å²) in [5.41, 5.74) is -0.187. The molecule has 0 radical (unpaired) electrons. The van der Waals surface area contributed by atoms with Crippen molar-refractivity contribution in [1.29, 1.82) is 0 Å². The van der Waals surface area contributed by atoms with Crippen LogP contribution in [0.1, 0.15) is 22.0 Å². The fraction of sp³-hybridized carbons (Fsp3) is 0.143. The van der Waals surface area contributed by atoms with E-state index in [0.29, 0.717) is 0 Å². The topological polar surface area (TPSA) is 42.0 Å². The molecule has 1 heterocycles. The molecule has 21 heavy (non-hydrogen) atoms. The number of alkyl halides is 3. The molecule has 110 valence electrons. The molecule has 0 saturated heterocycles. The van der Waals surface area contributed by atoms with Crippen LogP contribution in [-0.4, -0.2) is 17.1 Å². The minimum atomic E-state index is -4.69. The maximum atomic E-state index is 13.1. The number of halogens is 4. The standard InChI is InChI=1S/C14H10F4N2O/c15-11-3-1-9(2-4-11)12(14(16,17)18)20-13(21)10-5-7-19-8-6-10/h1-8,12H,(H,20,21)/t12-/m0/s1. The number of aromatic nitrogens is 1. The molecule has 0 unspecified atom stereocenters. The Bertz CT molecular complexity index is 611. The maximum absolute atomic E-state index is 13.1. The fourth-order valence-electron chi connectivity index (χ4n) is 1.73. The zero-order chi connectivity index (χ0) is 15.5. The number of amides is 1. The van der Waals surface area contributed by atoms with Crippen molar-refractivity contribution in [2.45, 2.75) is 12.2 Å². The summed E-state index contributed by atoms with van der Waals surface area (Å²) in [6.45, 7) is 0. The minimum absolute atomic E-state index is 0.0568. The predicted molar refractivity (Wildman–Crippen MR) is 66.9 cm³/mol. The van der Waals surface area contributed by atoms with E-state index in [1.165, 1.54) is 24.5 Å². The number of carbonyl (C=O) groups excluding carboxylic acids is 1. The van der Waals surface area contributed by atoms with E-state index in [4.69, 9.17) is 0 Å². The first kappa shape index (κ1) is 15.0.